The van der Waals surface area contributed by atoms with E-state index >= 15 is 0 Å². The normalized spacial score (nSPS) is 16.3. The molecule has 3 heterocycles. The molecule has 2 N–H and O–H groups in total. The number of benzene rings is 1. The van der Waals surface area contributed by atoms with E-state index in [0.29, 0.717) is 55.5 Å². The lowest BCUT2D eigenvalue weighted by Gasteiger charge is -2.35. The van der Waals surface area contributed by atoms with Gasteiger partial charge < -0.3 is 24.6 Å². The van der Waals surface area contributed by atoms with Crippen molar-refractivity contribution in [2.24, 2.45) is 0 Å². The summed E-state index contributed by atoms with van der Waals surface area (Å²) in [4.78, 5) is 29.4. The molecule has 0 radical (unpaired) electrons. The van der Waals surface area contributed by atoms with Crippen LogP contribution in [0.15, 0.2) is 18.2 Å². The predicted octanol–water partition coefficient (Wildman–Crippen LogP) is 0.671. The fraction of sp³-hybridized carbons (Fsp3) is 0.450. The van der Waals surface area contributed by atoms with Gasteiger partial charge in [0.25, 0.3) is 11.8 Å². The summed E-state index contributed by atoms with van der Waals surface area (Å²) in [5.41, 5.74) is 2.97. The Balaban J connectivity index is 1.42. The molecule has 1 fully saturated rings. The van der Waals surface area contributed by atoms with Crippen LogP contribution >= 0.6 is 0 Å². The highest BCUT2D eigenvalue weighted by Gasteiger charge is 2.30. The molecule has 0 unspecified atom stereocenters. The molecule has 2 aliphatic rings. The predicted molar refractivity (Wildman–Crippen MR) is 105 cm³/mol. The summed E-state index contributed by atoms with van der Waals surface area (Å²) in [5.74, 6) is 0.910. The van der Waals surface area contributed by atoms with Crippen LogP contribution in [0.4, 0.5) is 0 Å². The SMILES string of the molecule is COc1ccc(C(=O)N2CCN(C(=O)c3n[nH]c4c3CNCC4)CC2)c(OC)c1. The van der Waals surface area contributed by atoms with Crippen molar-refractivity contribution in [2.45, 2.75) is 13.0 Å². The Morgan fingerprint density at radius 1 is 1.03 bits per heavy atom. The monoisotopic (exact) mass is 399 g/mol. The van der Waals surface area contributed by atoms with E-state index in [1.807, 2.05) is 0 Å². The molecule has 2 aromatic rings. The molecule has 0 atom stereocenters. The van der Waals surface area contributed by atoms with E-state index < -0.39 is 0 Å². The van der Waals surface area contributed by atoms with Crippen LogP contribution in [0.5, 0.6) is 11.5 Å². The number of nitrogens with zero attached hydrogens (tertiary/aromatic N) is 3. The maximum Gasteiger partial charge on any atom is 0.274 e. The number of methoxy groups -OCH3 is 2. The van der Waals surface area contributed by atoms with E-state index in [1.165, 1.54) is 7.11 Å². The number of H-pyrrole nitrogens is 1. The zero-order chi connectivity index (χ0) is 20.4. The Kier molecular flexibility index (Phi) is 5.39. The molecule has 9 nitrogen and oxygen atoms in total. The molecule has 1 aromatic heterocycles. The van der Waals surface area contributed by atoms with Crippen molar-refractivity contribution in [1.29, 1.82) is 0 Å². The second-order valence-electron chi connectivity index (χ2n) is 7.11. The van der Waals surface area contributed by atoms with Crippen molar-refractivity contribution in [3.05, 3.63) is 40.7 Å². The van der Waals surface area contributed by atoms with E-state index in [4.69, 9.17) is 9.47 Å². The number of fused-ring (bicyclic) bond motifs is 1. The van der Waals surface area contributed by atoms with Gasteiger partial charge in [-0.2, -0.15) is 5.10 Å². The van der Waals surface area contributed by atoms with Gasteiger partial charge in [-0.1, -0.05) is 0 Å². The van der Waals surface area contributed by atoms with E-state index in [-0.39, 0.29) is 11.8 Å². The number of hydrogen-bond acceptors (Lipinski definition) is 6. The van der Waals surface area contributed by atoms with Crippen molar-refractivity contribution in [1.82, 2.24) is 25.3 Å². The van der Waals surface area contributed by atoms with Crippen molar-refractivity contribution in [2.75, 3.05) is 46.9 Å². The molecule has 29 heavy (non-hydrogen) atoms. The molecule has 4 rings (SSSR count). The van der Waals surface area contributed by atoms with Gasteiger partial charge in [-0.3, -0.25) is 14.7 Å². The minimum Gasteiger partial charge on any atom is -0.497 e. The molecular weight excluding hydrogens is 374 g/mol. The number of aromatic nitrogens is 2. The minimum atomic E-state index is -0.113. The van der Waals surface area contributed by atoms with E-state index in [2.05, 4.69) is 15.5 Å². The summed E-state index contributed by atoms with van der Waals surface area (Å²) in [6, 6.07) is 5.15. The molecule has 9 heteroatoms. The lowest BCUT2D eigenvalue weighted by molar-refractivity contribution is 0.0529. The van der Waals surface area contributed by atoms with Crippen molar-refractivity contribution in [3.63, 3.8) is 0 Å². The van der Waals surface area contributed by atoms with Crippen molar-refractivity contribution >= 4 is 11.8 Å². The zero-order valence-electron chi connectivity index (χ0n) is 16.7. The first-order chi connectivity index (χ1) is 14.1. The Labute approximate surface area is 169 Å². The number of rotatable bonds is 4. The van der Waals surface area contributed by atoms with Gasteiger partial charge >= 0.3 is 0 Å². The molecule has 0 aliphatic carbocycles. The third-order valence-electron chi connectivity index (χ3n) is 5.50. The van der Waals surface area contributed by atoms with Gasteiger partial charge in [0, 0.05) is 63.0 Å². The zero-order valence-corrected chi connectivity index (χ0v) is 16.7. The smallest absolute Gasteiger partial charge is 0.274 e. The summed E-state index contributed by atoms with van der Waals surface area (Å²) in [5, 5.41) is 10.5. The molecule has 154 valence electrons. The van der Waals surface area contributed by atoms with Crippen LogP contribution in [0.1, 0.15) is 32.1 Å². The minimum absolute atomic E-state index is 0.0830. The van der Waals surface area contributed by atoms with Crippen LogP contribution in [0, 0.1) is 0 Å². The van der Waals surface area contributed by atoms with Crippen LogP contribution in [0.25, 0.3) is 0 Å². The van der Waals surface area contributed by atoms with Gasteiger partial charge in [-0.15, -0.1) is 0 Å². The lowest BCUT2D eigenvalue weighted by atomic mass is 10.1. The van der Waals surface area contributed by atoms with E-state index in [9.17, 15) is 9.59 Å². The summed E-state index contributed by atoms with van der Waals surface area (Å²) in [6.45, 7) is 3.41. The molecule has 0 bridgehead atoms. The van der Waals surface area contributed by atoms with Crippen LogP contribution in [-0.4, -0.2) is 78.8 Å². The number of carbonyl (C=O) groups is 2. The van der Waals surface area contributed by atoms with Gasteiger partial charge in [0.05, 0.1) is 19.8 Å². The number of piperazine rings is 1. The molecule has 2 aliphatic heterocycles. The maximum atomic E-state index is 13.0. The van der Waals surface area contributed by atoms with Gasteiger partial charge in [0.1, 0.15) is 11.5 Å². The first-order valence-corrected chi connectivity index (χ1v) is 9.69. The van der Waals surface area contributed by atoms with E-state index in [1.54, 1.807) is 35.1 Å². The number of carbonyl (C=O) groups excluding carboxylic acids is 2. The molecule has 0 spiro atoms. The Morgan fingerprint density at radius 2 is 1.76 bits per heavy atom. The number of ether oxygens (including phenoxy) is 2. The highest BCUT2D eigenvalue weighted by molar-refractivity contribution is 5.98. The van der Waals surface area contributed by atoms with Gasteiger partial charge in [-0.05, 0) is 12.1 Å². The fourth-order valence-corrected chi connectivity index (χ4v) is 3.81. The maximum absolute atomic E-state index is 13.0. The first kappa shape index (κ1) is 19.3. The average molecular weight is 399 g/mol. The largest absolute Gasteiger partial charge is 0.497 e. The van der Waals surface area contributed by atoms with Crippen LogP contribution in [0.2, 0.25) is 0 Å². The lowest BCUT2D eigenvalue weighted by Crippen LogP contribution is -2.51. The average Bonchev–Trinajstić information content (AvgIpc) is 3.22. The standard InChI is InChI=1S/C20H25N5O4/c1-28-13-3-4-14(17(11-13)29-2)19(26)24-7-9-25(10-8-24)20(27)18-15-12-21-6-5-16(15)22-23-18/h3-4,11,21H,5-10,12H2,1-2H3,(H,22,23). The van der Waals surface area contributed by atoms with E-state index in [0.717, 1.165) is 24.2 Å². The molecular formula is C20H25N5O4. The highest BCUT2D eigenvalue weighted by atomic mass is 16.5. The van der Waals surface area contributed by atoms with Crippen LogP contribution < -0.4 is 14.8 Å². The number of aromatic amines is 1. The molecule has 1 saturated heterocycles. The van der Waals surface area contributed by atoms with Crippen molar-refractivity contribution in [3.8, 4) is 11.5 Å². The molecule has 2 amide bonds. The Bertz CT molecular complexity index is 918. The summed E-state index contributed by atoms with van der Waals surface area (Å²) < 4.78 is 10.5. The summed E-state index contributed by atoms with van der Waals surface area (Å²) in [6.07, 6.45) is 0.849. The third-order valence-corrected chi connectivity index (χ3v) is 5.50. The second-order valence-corrected chi connectivity index (χ2v) is 7.11. The Morgan fingerprint density at radius 3 is 2.45 bits per heavy atom. The third kappa shape index (κ3) is 3.65. The molecule has 0 saturated carbocycles. The van der Waals surface area contributed by atoms with Gasteiger partial charge in [-0.25, -0.2) is 0 Å². The number of nitrogens with one attached hydrogen (secondary N) is 2. The van der Waals surface area contributed by atoms with Crippen LogP contribution in [-0.2, 0) is 13.0 Å². The Hall–Kier alpha value is -3.07. The summed E-state index contributed by atoms with van der Waals surface area (Å²) >= 11 is 0. The molecule has 1 aromatic carbocycles. The summed E-state index contributed by atoms with van der Waals surface area (Å²) in [7, 11) is 3.10. The topological polar surface area (TPSA) is 99.8 Å². The van der Waals surface area contributed by atoms with Crippen LogP contribution in [0.3, 0.4) is 0 Å². The first-order valence-electron chi connectivity index (χ1n) is 9.69. The highest BCUT2D eigenvalue weighted by Crippen LogP contribution is 2.26. The second kappa shape index (κ2) is 8.12. The quantitative estimate of drug-likeness (QED) is 0.784. The fourth-order valence-electron chi connectivity index (χ4n) is 3.81. The number of hydrogen-bond donors (Lipinski definition) is 2. The van der Waals surface area contributed by atoms with Crippen molar-refractivity contribution < 1.29 is 19.1 Å². The number of amides is 2. The van der Waals surface area contributed by atoms with Gasteiger partial charge in [0.15, 0.2) is 5.69 Å². The van der Waals surface area contributed by atoms with Gasteiger partial charge in [0.2, 0.25) is 0 Å².